The van der Waals surface area contributed by atoms with E-state index in [9.17, 15) is 0 Å². The van der Waals surface area contributed by atoms with Crippen LogP contribution >= 0.6 is 22.6 Å². The third-order valence-electron chi connectivity index (χ3n) is 2.80. The molecule has 1 aromatic rings. The molecule has 90 valence electrons. The molecule has 1 unspecified atom stereocenters. The Kier molecular flexibility index (Phi) is 6.01. The van der Waals surface area contributed by atoms with Crippen molar-refractivity contribution in [3.63, 3.8) is 0 Å². The van der Waals surface area contributed by atoms with E-state index in [4.69, 9.17) is 0 Å². The molecule has 3 nitrogen and oxygen atoms in total. The lowest BCUT2D eigenvalue weighted by molar-refractivity contribution is 0.588. The van der Waals surface area contributed by atoms with Gasteiger partial charge in [0, 0.05) is 18.8 Å². The van der Waals surface area contributed by atoms with Crippen molar-refractivity contribution in [3.05, 3.63) is 16.1 Å². The van der Waals surface area contributed by atoms with Crippen molar-refractivity contribution < 1.29 is 0 Å². The minimum atomic E-state index is 0.537. The van der Waals surface area contributed by atoms with Gasteiger partial charge >= 0.3 is 0 Å². The van der Waals surface area contributed by atoms with Gasteiger partial charge < -0.3 is 4.90 Å². The first-order valence-electron chi connectivity index (χ1n) is 5.92. The molecule has 0 radical (unpaired) electrons. The van der Waals surface area contributed by atoms with Crippen molar-refractivity contribution in [1.29, 1.82) is 0 Å². The average molecular weight is 333 g/mol. The van der Waals surface area contributed by atoms with Crippen LogP contribution in [0, 0.1) is 3.57 Å². The molecule has 1 aromatic heterocycles. The molecule has 16 heavy (non-hydrogen) atoms. The minimum Gasteiger partial charge on any atom is -0.353 e. The van der Waals surface area contributed by atoms with Crippen molar-refractivity contribution >= 4 is 28.4 Å². The summed E-state index contributed by atoms with van der Waals surface area (Å²) >= 11 is 2.31. The van der Waals surface area contributed by atoms with Crippen LogP contribution in [0.15, 0.2) is 12.5 Å². The normalized spacial score (nSPS) is 12.5. The summed E-state index contributed by atoms with van der Waals surface area (Å²) in [6.07, 6.45) is 7.09. The molecule has 1 heterocycles. The van der Waals surface area contributed by atoms with Gasteiger partial charge in [-0.1, -0.05) is 20.3 Å². The summed E-state index contributed by atoms with van der Waals surface area (Å²) in [5.74, 6) is 1.08. The van der Waals surface area contributed by atoms with Gasteiger partial charge in [-0.2, -0.15) is 0 Å². The molecule has 0 aromatic carbocycles. The van der Waals surface area contributed by atoms with E-state index in [1.54, 1.807) is 6.33 Å². The first-order valence-corrected chi connectivity index (χ1v) is 7.00. The fourth-order valence-electron chi connectivity index (χ4n) is 1.60. The monoisotopic (exact) mass is 333 g/mol. The molecule has 0 fully saturated rings. The van der Waals surface area contributed by atoms with Crippen LogP contribution in [0.5, 0.6) is 0 Å². The van der Waals surface area contributed by atoms with Crippen LogP contribution in [0.1, 0.15) is 40.0 Å². The molecule has 0 saturated carbocycles. The molecule has 4 heteroatoms. The van der Waals surface area contributed by atoms with Crippen LogP contribution in [0.4, 0.5) is 5.82 Å². The quantitative estimate of drug-likeness (QED) is 0.747. The van der Waals surface area contributed by atoms with Gasteiger partial charge in [-0.25, -0.2) is 9.97 Å². The van der Waals surface area contributed by atoms with Crippen molar-refractivity contribution in [3.8, 4) is 0 Å². The van der Waals surface area contributed by atoms with Crippen LogP contribution in [-0.4, -0.2) is 22.6 Å². The fourth-order valence-corrected chi connectivity index (χ4v) is 2.21. The molecule has 0 aliphatic rings. The first-order chi connectivity index (χ1) is 7.70. The van der Waals surface area contributed by atoms with Crippen molar-refractivity contribution in [2.75, 3.05) is 11.4 Å². The average Bonchev–Trinajstić information content (AvgIpc) is 2.31. The van der Waals surface area contributed by atoms with Gasteiger partial charge in [0.15, 0.2) is 0 Å². The van der Waals surface area contributed by atoms with Crippen molar-refractivity contribution in [2.45, 2.75) is 46.1 Å². The lowest BCUT2D eigenvalue weighted by atomic mass is 10.2. The summed E-state index contributed by atoms with van der Waals surface area (Å²) in [6.45, 7) is 7.78. The smallest absolute Gasteiger partial charge is 0.145 e. The second kappa shape index (κ2) is 7.04. The minimum absolute atomic E-state index is 0.537. The molecular formula is C12H20IN3. The van der Waals surface area contributed by atoms with E-state index in [-0.39, 0.29) is 0 Å². The van der Waals surface area contributed by atoms with E-state index >= 15 is 0 Å². The van der Waals surface area contributed by atoms with Crippen molar-refractivity contribution in [1.82, 2.24) is 9.97 Å². The number of aromatic nitrogens is 2. The zero-order chi connectivity index (χ0) is 12.0. The van der Waals surface area contributed by atoms with E-state index in [1.807, 2.05) is 6.20 Å². The van der Waals surface area contributed by atoms with Gasteiger partial charge in [-0.15, -0.1) is 0 Å². The van der Waals surface area contributed by atoms with Crippen LogP contribution in [0.2, 0.25) is 0 Å². The second-order valence-electron chi connectivity index (χ2n) is 4.00. The molecule has 0 amide bonds. The van der Waals surface area contributed by atoms with Gasteiger partial charge in [0.25, 0.3) is 0 Å². The Hall–Kier alpha value is -0.390. The number of nitrogens with zero attached hydrogens (tertiary/aromatic N) is 3. The highest BCUT2D eigenvalue weighted by molar-refractivity contribution is 14.1. The first kappa shape index (κ1) is 13.7. The molecule has 0 bridgehead atoms. The summed E-state index contributed by atoms with van der Waals surface area (Å²) < 4.78 is 1.14. The lowest BCUT2D eigenvalue weighted by Crippen LogP contribution is -2.34. The number of rotatable bonds is 6. The third-order valence-corrected chi connectivity index (χ3v) is 3.56. The number of anilines is 1. The van der Waals surface area contributed by atoms with Gasteiger partial charge in [0.05, 0.1) is 3.57 Å². The molecule has 0 saturated heterocycles. The van der Waals surface area contributed by atoms with Crippen LogP contribution < -0.4 is 4.90 Å². The van der Waals surface area contributed by atoms with Gasteiger partial charge in [-0.05, 0) is 42.4 Å². The SMILES string of the molecule is CCCCN(c1ncncc1I)C(C)CC. The Labute approximate surface area is 112 Å². The number of hydrogen-bond acceptors (Lipinski definition) is 3. The Morgan fingerprint density at radius 2 is 2.19 bits per heavy atom. The third kappa shape index (κ3) is 3.57. The molecule has 0 N–H and O–H groups in total. The number of hydrogen-bond donors (Lipinski definition) is 0. The zero-order valence-corrected chi connectivity index (χ0v) is 12.4. The van der Waals surface area contributed by atoms with Gasteiger partial charge in [0.1, 0.15) is 12.1 Å². The predicted octanol–water partition coefficient (Wildman–Crippen LogP) is 3.49. The standard InChI is InChI=1S/C12H20IN3/c1-4-6-7-16(10(3)5-2)12-11(13)8-14-9-15-12/h8-10H,4-7H2,1-3H3. The summed E-state index contributed by atoms with van der Waals surface area (Å²) in [5.41, 5.74) is 0. The Balaban J connectivity index is 2.87. The van der Waals surface area contributed by atoms with E-state index in [2.05, 4.69) is 58.2 Å². The molecule has 0 aliphatic carbocycles. The Morgan fingerprint density at radius 1 is 1.44 bits per heavy atom. The molecule has 1 atom stereocenters. The second-order valence-corrected chi connectivity index (χ2v) is 5.16. The van der Waals surface area contributed by atoms with Crippen LogP contribution in [0.3, 0.4) is 0 Å². The molecular weight excluding hydrogens is 313 g/mol. The highest BCUT2D eigenvalue weighted by Crippen LogP contribution is 2.21. The predicted molar refractivity (Wildman–Crippen MR) is 76.8 cm³/mol. The largest absolute Gasteiger partial charge is 0.353 e. The highest BCUT2D eigenvalue weighted by Gasteiger charge is 2.16. The topological polar surface area (TPSA) is 29.0 Å². The van der Waals surface area contributed by atoms with Gasteiger partial charge in [-0.3, -0.25) is 0 Å². The van der Waals surface area contributed by atoms with Crippen LogP contribution in [-0.2, 0) is 0 Å². The summed E-state index contributed by atoms with van der Waals surface area (Å²) in [4.78, 5) is 10.9. The van der Waals surface area contributed by atoms with E-state index in [0.29, 0.717) is 6.04 Å². The fraction of sp³-hybridized carbons (Fsp3) is 0.667. The van der Waals surface area contributed by atoms with E-state index in [1.165, 1.54) is 12.8 Å². The Morgan fingerprint density at radius 3 is 2.75 bits per heavy atom. The lowest BCUT2D eigenvalue weighted by Gasteiger charge is -2.30. The zero-order valence-electron chi connectivity index (χ0n) is 10.3. The summed E-state index contributed by atoms with van der Waals surface area (Å²) in [5, 5.41) is 0. The number of unbranched alkanes of at least 4 members (excludes halogenated alkanes) is 1. The molecule has 0 aliphatic heterocycles. The van der Waals surface area contributed by atoms with E-state index in [0.717, 1.165) is 22.4 Å². The highest BCUT2D eigenvalue weighted by atomic mass is 127. The number of halogens is 1. The summed E-state index contributed by atoms with van der Waals surface area (Å²) in [6, 6.07) is 0.537. The van der Waals surface area contributed by atoms with Gasteiger partial charge in [0.2, 0.25) is 0 Å². The maximum Gasteiger partial charge on any atom is 0.145 e. The maximum atomic E-state index is 4.41. The summed E-state index contributed by atoms with van der Waals surface area (Å²) in [7, 11) is 0. The maximum absolute atomic E-state index is 4.41. The van der Waals surface area contributed by atoms with Crippen LogP contribution in [0.25, 0.3) is 0 Å². The van der Waals surface area contributed by atoms with E-state index < -0.39 is 0 Å². The molecule has 1 rings (SSSR count). The van der Waals surface area contributed by atoms with Crippen molar-refractivity contribution in [2.24, 2.45) is 0 Å². The Bertz CT molecular complexity index is 317. The molecule has 0 spiro atoms.